The zero-order valence-electron chi connectivity index (χ0n) is 13.4. The van der Waals surface area contributed by atoms with Gasteiger partial charge in [0.15, 0.2) is 0 Å². The number of hydrogen-bond acceptors (Lipinski definition) is 4. The molecule has 4 nitrogen and oxygen atoms in total. The van der Waals surface area contributed by atoms with E-state index in [-0.39, 0.29) is 12.1 Å². The first-order valence-corrected chi connectivity index (χ1v) is 8.52. The highest BCUT2D eigenvalue weighted by Gasteiger charge is 2.23. The summed E-state index contributed by atoms with van der Waals surface area (Å²) in [6, 6.07) is 3.78. The Labute approximate surface area is 137 Å². The molecule has 0 saturated carbocycles. The smallest absolute Gasteiger partial charge is 0.306 e. The fourth-order valence-corrected chi connectivity index (χ4v) is 2.98. The van der Waals surface area contributed by atoms with Crippen molar-refractivity contribution < 1.29 is 9.53 Å². The molecule has 2 heterocycles. The van der Waals surface area contributed by atoms with Crippen molar-refractivity contribution in [3.05, 3.63) is 23.4 Å². The van der Waals surface area contributed by atoms with Crippen LogP contribution in [-0.4, -0.2) is 30.1 Å². The normalized spacial score (nSPS) is 17.3. The molecule has 1 aliphatic heterocycles. The number of aromatic nitrogens is 1. The fourth-order valence-electron chi connectivity index (χ4n) is 2.87. The third-order valence-electron chi connectivity index (χ3n) is 4.07. The number of anilines is 1. The number of nitrogens with zero attached hydrogens (tertiary/aromatic N) is 2. The van der Waals surface area contributed by atoms with Crippen LogP contribution in [0.4, 0.5) is 5.82 Å². The highest BCUT2D eigenvalue weighted by molar-refractivity contribution is 6.30. The summed E-state index contributed by atoms with van der Waals surface area (Å²) < 4.78 is 5.60. The van der Waals surface area contributed by atoms with Crippen LogP contribution in [0.3, 0.4) is 0 Å². The van der Waals surface area contributed by atoms with Gasteiger partial charge < -0.3 is 9.64 Å². The number of rotatable bonds is 6. The number of carbonyl (C=O) groups is 1. The average molecular weight is 325 g/mol. The quantitative estimate of drug-likeness (QED) is 0.740. The van der Waals surface area contributed by atoms with Crippen molar-refractivity contribution in [2.75, 3.05) is 18.0 Å². The maximum Gasteiger partial charge on any atom is 0.306 e. The second kappa shape index (κ2) is 8.37. The van der Waals surface area contributed by atoms with Gasteiger partial charge in [-0.2, -0.15) is 0 Å². The molecule has 0 aromatic carbocycles. The van der Waals surface area contributed by atoms with Gasteiger partial charge in [0.1, 0.15) is 11.9 Å². The van der Waals surface area contributed by atoms with Crippen molar-refractivity contribution in [2.45, 2.75) is 52.1 Å². The summed E-state index contributed by atoms with van der Waals surface area (Å²) in [6.45, 7) is 5.97. The molecule has 0 spiro atoms. The number of esters is 1. The van der Waals surface area contributed by atoms with Crippen LogP contribution in [0.15, 0.2) is 18.3 Å². The Balaban J connectivity index is 1.75. The summed E-state index contributed by atoms with van der Waals surface area (Å²) in [4.78, 5) is 18.5. The van der Waals surface area contributed by atoms with Crippen molar-refractivity contribution >= 4 is 23.4 Å². The van der Waals surface area contributed by atoms with Crippen LogP contribution in [0, 0.1) is 5.92 Å². The predicted molar refractivity (Wildman–Crippen MR) is 89.3 cm³/mol. The standard InChI is InChI=1S/C17H25ClN2O2/c1-3-4-13(2)11-17(21)22-15-7-9-20(10-8-15)16-6-5-14(18)12-19-16/h5-6,12-13,15H,3-4,7-11H2,1-2H3. The Morgan fingerprint density at radius 3 is 2.77 bits per heavy atom. The molecule has 0 N–H and O–H groups in total. The number of hydrogen-bond donors (Lipinski definition) is 0. The lowest BCUT2D eigenvalue weighted by Crippen LogP contribution is -2.38. The topological polar surface area (TPSA) is 42.4 Å². The van der Waals surface area contributed by atoms with Crippen molar-refractivity contribution in [3.8, 4) is 0 Å². The second-order valence-corrected chi connectivity index (χ2v) is 6.55. The van der Waals surface area contributed by atoms with Crippen LogP contribution in [0.1, 0.15) is 46.0 Å². The molecule has 0 bridgehead atoms. The fraction of sp³-hybridized carbons (Fsp3) is 0.647. The highest BCUT2D eigenvalue weighted by atomic mass is 35.5. The van der Waals surface area contributed by atoms with Crippen molar-refractivity contribution in [1.29, 1.82) is 0 Å². The first-order chi connectivity index (χ1) is 10.6. The Morgan fingerprint density at radius 1 is 1.45 bits per heavy atom. The van der Waals surface area contributed by atoms with Crippen molar-refractivity contribution in [2.24, 2.45) is 5.92 Å². The molecule has 1 aliphatic rings. The van der Waals surface area contributed by atoms with E-state index in [0.717, 1.165) is 44.6 Å². The van der Waals surface area contributed by atoms with Crippen LogP contribution in [-0.2, 0) is 9.53 Å². The molecule has 2 rings (SSSR count). The van der Waals surface area contributed by atoms with E-state index in [1.807, 2.05) is 12.1 Å². The first-order valence-electron chi connectivity index (χ1n) is 8.14. The molecule has 5 heteroatoms. The summed E-state index contributed by atoms with van der Waals surface area (Å²) in [7, 11) is 0. The van der Waals surface area contributed by atoms with Crippen molar-refractivity contribution in [1.82, 2.24) is 4.98 Å². The van der Waals surface area contributed by atoms with Gasteiger partial charge in [0.05, 0.1) is 5.02 Å². The van der Waals surface area contributed by atoms with Gasteiger partial charge in [-0.15, -0.1) is 0 Å². The molecule has 1 aromatic rings. The molecular formula is C17H25ClN2O2. The van der Waals surface area contributed by atoms with Gasteiger partial charge >= 0.3 is 5.97 Å². The van der Waals surface area contributed by atoms with Crippen LogP contribution >= 0.6 is 11.6 Å². The van der Waals surface area contributed by atoms with Gasteiger partial charge in [-0.3, -0.25) is 4.79 Å². The molecule has 1 saturated heterocycles. The molecule has 1 aromatic heterocycles. The van der Waals surface area contributed by atoms with E-state index in [4.69, 9.17) is 16.3 Å². The molecule has 1 atom stereocenters. The Bertz CT molecular complexity index is 470. The van der Waals surface area contributed by atoms with Gasteiger partial charge in [-0.1, -0.05) is 38.3 Å². The Hall–Kier alpha value is -1.29. The maximum absolute atomic E-state index is 11.9. The van der Waals surface area contributed by atoms with Gasteiger partial charge in [-0.25, -0.2) is 4.98 Å². The minimum absolute atomic E-state index is 0.0462. The van der Waals surface area contributed by atoms with Gasteiger partial charge in [-0.05, 0) is 18.1 Å². The predicted octanol–water partition coefficient (Wildman–Crippen LogP) is 4.07. The second-order valence-electron chi connectivity index (χ2n) is 6.11. The number of pyridine rings is 1. The third-order valence-corrected chi connectivity index (χ3v) is 4.30. The average Bonchev–Trinajstić information content (AvgIpc) is 2.49. The van der Waals surface area contributed by atoms with E-state index in [9.17, 15) is 4.79 Å². The van der Waals surface area contributed by atoms with Crippen LogP contribution in [0.2, 0.25) is 5.02 Å². The SMILES string of the molecule is CCCC(C)CC(=O)OC1CCN(c2ccc(Cl)cn2)CC1. The zero-order chi connectivity index (χ0) is 15.9. The van der Waals surface area contributed by atoms with E-state index < -0.39 is 0 Å². The van der Waals surface area contributed by atoms with Gasteiger partial charge in [0.25, 0.3) is 0 Å². The number of carbonyl (C=O) groups excluding carboxylic acids is 1. The molecule has 122 valence electrons. The molecule has 0 radical (unpaired) electrons. The van der Waals surface area contributed by atoms with E-state index in [2.05, 4.69) is 23.7 Å². The van der Waals surface area contributed by atoms with Crippen LogP contribution in [0.5, 0.6) is 0 Å². The van der Waals surface area contributed by atoms with Crippen molar-refractivity contribution in [3.63, 3.8) is 0 Å². The lowest BCUT2D eigenvalue weighted by atomic mass is 10.0. The number of ether oxygens (including phenoxy) is 1. The van der Waals surface area contributed by atoms with E-state index in [0.29, 0.717) is 17.4 Å². The highest BCUT2D eigenvalue weighted by Crippen LogP contribution is 2.21. The molecule has 1 unspecified atom stereocenters. The van der Waals surface area contributed by atoms with Crippen LogP contribution < -0.4 is 4.90 Å². The molecule has 1 fully saturated rings. The molecular weight excluding hydrogens is 300 g/mol. The van der Waals surface area contributed by atoms with Crippen LogP contribution in [0.25, 0.3) is 0 Å². The zero-order valence-corrected chi connectivity index (χ0v) is 14.2. The third kappa shape index (κ3) is 5.16. The summed E-state index contributed by atoms with van der Waals surface area (Å²) in [5, 5.41) is 0.647. The minimum Gasteiger partial charge on any atom is -0.462 e. The number of halogens is 1. The summed E-state index contributed by atoms with van der Waals surface area (Å²) >= 11 is 5.86. The van der Waals surface area contributed by atoms with E-state index in [1.54, 1.807) is 6.20 Å². The minimum atomic E-state index is -0.0518. The monoisotopic (exact) mass is 324 g/mol. The van der Waals surface area contributed by atoms with Gasteiger partial charge in [0, 0.05) is 38.5 Å². The van der Waals surface area contributed by atoms with E-state index in [1.165, 1.54) is 0 Å². The molecule has 0 amide bonds. The lowest BCUT2D eigenvalue weighted by molar-refractivity contribution is -0.151. The Morgan fingerprint density at radius 2 is 2.18 bits per heavy atom. The first kappa shape index (κ1) is 17.1. The molecule has 22 heavy (non-hydrogen) atoms. The summed E-state index contributed by atoms with van der Waals surface area (Å²) in [6.07, 6.45) is 6.16. The Kier molecular flexibility index (Phi) is 6.49. The summed E-state index contributed by atoms with van der Waals surface area (Å²) in [5.41, 5.74) is 0. The number of piperidine rings is 1. The van der Waals surface area contributed by atoms with Gasteiger partial charge in [0.2, 0.25) is 0 Å². The maximum atomic E-state index is 11.9. The summed E-state index contributed by atoms with van der Waals surface area (Å²) in [5.74, 6) is 1.30. The molecule has 0 aliphatic carbocycles. The van der Waals surface area contributed by atoms with E-state index >= 15 is 0 Å². The lowest BCUT2D eigenvalue weighted by Gasteiger charge is -2.32. The largest absolute Gasteiger partial charge is 0.462 e.